The number of carbonyl (C=O) groups excluding carboxylic acids is 1. The summed E-state index contributed by atoms with van der Waals surface area (Å²) >= 11 is 2.85. The van der Waals surface area contributed by atoms with Gasteiger partial charge < -0.3 is 15.7 Å². The van der Waals surface area contributed by atoms with E-state index in [0.29, 0.717) is 18.9 Å². The van der Waals surface area contributed by atoms with Gasteiger partial charge in [0, 0.05) is 36.2 Å². The highest BCUT2D eigenvalue weighted by molar-refractivity contribution is 8.01. The van der Waals surface area contributed by atoms with E-state index >= 15 is 0 Å². The Kier molecular flexibility index (Phi) is 5.25. The van der Waals surface area contributed by atoms with Crippen molar-refractivity contribution in [2.24, 2.45) is 23.5 Å². The fourth-order valence-electron chi connectivity index (χ4n) is 5.15. The number of nitrogens with zero attached hydrogens (tertiary/aromatic N) is 2. The van der Waals surface area contributed by atoms with Gasteiger partial charge in [0.2, 0.25) is 5.91 Å². The van der Waals surface area contributed by atoms with Gasteiger partial charge in [-0.05, 0) is 43.4 Å². The predicted octanol–water partition coefficient (Wildman–Crippen LogP) is 2.69. The summed E-state index contributed by atoms with van der Waals surface area (Å²) in [4.78, 5) is 29.3. The van der Waals surface area contributed by atoms with E-state index < -0.39 is 5.97 Å². The molecule has 6 nitrogen and oxygen atoms in total. The van der Waals surface area contributed by atoms with Crippen LogP contribution in [0.5, 0.6) is 0 Å². The number of rotatable bonds is 7. The van der Waals surface area contributed by atoms with Gasteiger partial charge in [-0.25, -0.2) is 9.78 Å². The third-order valence-electron chi connectivity index (χ3n) is 6.37. The van der Waals surface area contributed by atoms with Crippen LogP contribution in [0.4, 0.5) is 0 Å². The molecule has 0 radical (unpaired) electrons. The number of fused-ring (bicyclic) bond motifs is 2. The lowest BCUT2D eigenvalue weighted by Crippen LogP contribution is -2.51. The van der Waals surface area contributed by atoms with Crippen molar-refractivity contribution in [1.82, 2.24) is 9.88 Å². The lowest BCUT2D eigenvalue weighted by molar-refractivity contribution is -0.129. The largest absolute Gasteiger partial charge is 0.476 e. The van der Waals surface area contributed by atoms with Crippen LogP contribution in [-0.4, -0.2) is 51.2 Å². The van der Waals surface area contributed by atoms with Crippen LogP contribution in [0, 0.1) is 17.8 Å². The Balaban J connectivity index is 1.33. The number of hydrogen-bond donors (Lipinski definition) is 2. The van der Waals surface area contributed by atoms with Gasteiger partial charge in [-0.3, -0.25) is 4.79 Å². The molecular weight excluding hydrogens is 370 g/mol. The average molecular weight is 396 g/mol. The minimum absolute atomic E-state index is 0.0888. The number of hydrogen-bond acceptors (Lipinski definition) is 6. The first kappa shape index (κ1) is 18.3. The molecule has 2 heterocycles. The monoisotopic (exact) mass is 395 g/mol. The van der Waals surface area contributed by atoms with Gasteiger partial charge in [0.1, 0.15) is 0 Å². The van der Waals surface area contributed by atoms with Crippen LogP contribution in [0.25, 0.3) is 0 Å². The van der Waals surface area contributed by atoms with E-state index in [1.165, 1.54) is 48.8 Å². The Hall–Kier alpha value is -1.12. The number of likely N-dealkylation sites (tertiary alicyclic amines) is 1. The van der Waals surface area contributed by atoms with Gasteiger partial charge >= 0.3 is 5.97 Å². The minimum Gasteiger partial charge on any atom is -0.476 e. The van der Waals surface area contributed by atoms with Gasteiger partial charge in [-0.15, -0.1) is 11.3 Å². The van der Waals surface area contributed by atoms with Crippen LogP contribution in [0.3, 0.4) is 0 Å². The van der Waals surface area contributed by atoms with Crippen LogP contribution in [0.1, 0.15) is 49.0 Å². The molecule has 0 aromatic carbocycles. The van der Waals surface area contributed by atoms with Crippen LogP contribution < -0.4 is 5.73 Å². The second-order valence-corrected chi connectivity index (χ2v) is 9.96. The fourth-order valence-corrected chi connectivity index (χ4v) is 6.96. The summed E-state index contributed by atoms with van der Waals surface area (Å²) < 4.78 is 0.739. The SMILES string of the molecule is NC([C@H]1CCC(=O)N1CCSc1nc(C(=O)O)cs1)[C@@H]1C[C@H]2CC[C@@H]1C2. The smallest absolute Gasteiger partial charge is 0.355 e. The third kappa shape index (κ3) is 3.51. The molecule has 3 aliphatic rings. The van der Waals surface area contributed by atoms with Crippen molar-refractivity contribution in [3.05, 3.63) is 11.1 Å². The first-order chi connectivity index (χ1) is 12.5. The number of thioether (sulfide) groups is 1. The molecular formula is C18H25N3O3S2. The first-order valence-corrected chi connectivity index (χ1v) is 11.3. The Morgan fingerprint density at radius 1 is 1.42 bits per heavy atom. The van der Waals surface area contributed by atoms with E-state index in [1.54, 1.807) is 5.38 Å². The lowest BCUT2D eigenvalue weighted by Gasteiger charge is -2.36. The molecule has 1 amide bonds. The number of carboxylic acid groups (broad SMARTS) is 1. The molecule has 0 spiro atoms. The van der Waals surface area contributed by atoms with Gasteiger partial charge in [-0.2, -0.15) is 0 Å². The highest BCUT2D eigenvalue weighted by atomic mass is 32.2. The zero-order valence-corrected chi connectivity index (χ0v) is 16.3. The molecule has 1 saturated heterocycles. The summed E-state index contributed by atoms with van der Waals surface area (Å²) in [6.45, 7) is 0.657. The Morgan fingerprint density at radius 3 is 2.92 bits per heavy atom. The van der Waals surface area contributed by atoms with Crippen molar-refractivity contribution in [3.8, 4) is 0 Å². The van der Waals surface area contributed by atoms with E-state index in [1.807, 2.05) is 4.90 Å². The van der Waals surface area contributed by atoms with Crippen LogP contribution in [0.15, 0.2) is 9.72 Å². The van der Waals surface area contributed by atoms with Crippen molar-refractivity contribution >= 4 is 35.0 Å². The predicted molar refractivity (Wildman–Crippen MR) is 101 cm³/mol. The van der Waals surface area contributed by atoms with Crippen molar-refractivity contribution < 1.29 is 14.7 Å². The molecule has 142 valence electrons. The zero-order chi connectivity index (χ0) is 18.3. The van der Waals surface area contributed by atoms with E-state index in [9.17, 15) is 9.59 Å². The van der Waals surface area contributed by atoms with Crippen molar-refractivity contribution in [1.29, 1.82) is 0 Å². The van der Waals surface area contributed by atoms with E-state index in [4.69, 9.17) is 10.8 Å². The number of thiazole rings is 1. The van der Waals surface area contributed by atoms with E-state index in [-0.39, 0.29) is 23.7 Å². The number of aromatic carboxylic acids is 1. The van der Waals surface area contributed by atoms with Crippen molar-refractivity contribution in [2.45, 2.75) is 54.9 Å². The Bertz CT molecular complexity index is 695. The Morgan fingerprint density at radius 2 is 2.27 bits per heavy atom. The average Bonchev–Trinajstić information content (AvgIpc) is 3.39. The molecule has 1 aromatic heterocycles. The molecule has 3 N–H and O–H groups in total. The molecule has 1 aromatic rings. The van der Waals surface area contributed by atoms with Crippen molar-refractivity contribution in [2.75, 3.05) is 12.3 Å². The molecule has 8 heteroatoms. The van der Waals surface area contributed by atoms with Gasteiger partial charge in [0.25, 0.3) is 0 Å². The standard InChI is InChI=1S/C18H25N3O3S2/c19-16(12-8-10-1-2-11(12)7-10)14-3-4-15(22)21(14)5-6-25-18-20-13(9-26-18)17(23)24/h9-12,14,16H,1-8,19H2,(H,23,24)/t10-,11+,12+,14+,16?/m0/s1. The van der Waals surface area contributed by atoms with Gasteiger partial charge in [0.05, 0.1) is 0 Å². The molecule has 2 saturated carbocycles. The normalized spacial score (nSPS) is 31.7. The molecule has 2 bridgehead atoms. The minimum atomic E-state index is -1.00. The van der Waals surface area contributed by atoms with Crippen molar-refractivity contribution in [3.63, 3.8) is 0 Å². The number of amides is 1. The highest BCUT2D eigenvalue weighted by Crippen LogP contribution is 2.50. The number of carboxylic acids is 1. The fraction of sp³-hybridized carbons (Fsp3) is 0.722. The second-order valence-electron chi connectivity index (χ2n) is 7.76. The lowest BCUT2D eigenvalue weighted by atomic mass is 9.80. The molecule has 3 fully saturated rings. The third-order valence-corrected chi connectivity index (χ3v) is 8.37. The molecule has 26 heavy (non-hydrogen) atoms. The Labute approximate surface area is 161 Å². The zero-order valence-electron chi connectivity index (χ0n) is 14.7. The number of nitrogens with two attached hydrogens (primary N) is 1. The summed E-state index contributed by atoms with van der Waals surface area (Å²) in [5, 5.41) is 10.5. The summed E-state index contributed by atoms with van der Waals surface area (Å²) in [6, 6.07) is 0.263. The quantitative estimate of drug-likeness (QED) is 0.689. The van der Waals surface area contributed by atoms with Crippen LogP contribution >= 0.6 is 23.1 Å². The molecule has 1 aliphatic heterocycles. The van der Waals surface area contributed by atoms with Gasteiger partial charge in [0.15, 0.2) is 10.0 Å². The first-order valence-electron chi connectivity index (χ1n) is 9.39. The molecule has 2 aliphatic carbocycles. The summed E-state index contributed by atoms with van der Waals surface area (Å²) in [6.07, 6.45) is 6.74. The second kappa shape index (κ2) is 7.48. The molecule has 4 rings (SSSR count). The highest BCUT2D eigenvalue weighted by Gasteiger charge is 2.46. The topological polar surface area (TPSA) is 96.5 Å². The van der Waals surface area contributed by atoms with E-state index in [0.717, 1.165) is 28.3 Å². The molecule has 5 atom stereocenters. The summed E-state index contributed by atoms with van der Waals surface area (Å²) in [5.41, 5.74) is 6.76. The maximum atomic E-state index is 12.4. The number of aromatic nitrogens is 1. The van der Waals surface area contributed by atoms with Gasteiger partial charge in [-0.1, -0.05) is 18.2 Å². The van der Waals surface area contributed by atoms with Crippen LogP contribution in [0.2, 0.25) is 0 Å². The van der Waals surface area contributed by atoms with Crippen LogP contribution in [-0.2, 0) is 4.79 Å². The number of carbonyl (C=O) groups is 2. The maximum absolute atomic E-state index is 12.4. The molecule has 1 unspecified atom stereocenters. The maximum Gasteiger partial charge on any atom is 0.355 e. The van der Waals surface area contributed by atoms with E-state index in [2.05, 4.69) is 4.98 Å². The summed E-state index contributed by atoms with van der Waals surface area (Å²) in [7, 11) is 0. The summed E-state index contributed by atoms with van der Waals surface area (Å²) in [5.74, 6) is 2.14.